The molecule has 0 aliphatic carbocycles. The molecule has 0 fully saturated rings. The summed E-state index contributed by atoms with van der Waals surface area (Å²) in [4.78, 5) is 13.1. The van der Waals surface area contributed by atoms with Crippen LogP contribution in [0.2, 0.25) is 0 Å². The summed E-state index contributed by atoms with van der Waals surface area (Å²) in [5.74, 6) is -0.435. The van der Waals surface area contributed by atoms with Crippen molar-refractivity contribution in [2.45, 2.75) is 24.7 Å². The predicted molar refractivity (Wildman–Crippen MR) is 71.3 cm³/mol. The Morgan fingerprint density at radius 3 is 2.61 bits per heavy atom. The summed E-state index contributed by atoms with van der Waals surface area (Å²) in [7, 11) is 2.90. The van der Waals surface area contributed by atoms with Crippen LogP contribution in [0, 0.1) is 0 Å². The maximum Gasteiger partial charge on any atom is 0.289 e. The maximum absolute atomic E-state index is 11.9. The van der Waals surface area contributed by atoms with Gasteiger partial charge in [0.2, 0.25) is 0 Å². The monoisotopic (exact) mass is 357 g/mol. The minimum atomic E-state index is -3.93. The van der Waals surface area contributed by atoms with E-state index in [4.69, 9.17) is 15.1 Å². The second-order valence-electron chi connectivity index (χ2n) is 3.77. The third-order valence-electron chi connectivity index (χ3n) is 2.32. The van der Waals surface area contributed by atoms with Gasteiger partial charge < -0.3 is 9.32 Å². The van der Waals surface area contributed by atoms with E-state index in [1.165, 1.54) is 4.90 Å². The van der Waals surface area contributed by atoms with E-state index in [0.717, 1.165) is 18.9 Å². The van der Waals surface area contributed by atoms with E-state index in [1.54, 1.807) is 7.05 Å². The van der Waals surface area contributed by atoms with Crippen molar-refractivity contribution in [3.8, 4) is 0 Å². The van der Waals surface area contributed by atoms with Crippen LogP contribution in [0.25, 0.3) is 0 Å². The second-order valence-corrected chi connectivity index (χ2v) is 7.02. The van der Waals surface area contributed by atoms with Crippen LogP contribution in [0.1, 0.15) is 30.3 Å². The molecule has 0 aliphatic rings. The topological polar surface area (TPSA) is 67.6 Å². The van der Waals surface area contributed by atoms with Crippen LogP contribution < -0.4 is 0 Å². The largest absolute Gasteiger partial charge is 0.443 e. The van der Waals surface area contributed by atoms with Crippen LogP contribution in [0.4, 0.5) is 0 Å². The van der Waals surface area contributed by atoms with Gasteiger partial charge in [-0.25, -0.2) is 8.42 Å². The Balaban J connectivity index is 2.95. The molecular formula is C10H13BrClNO4S. The van der Waals surface area contributed by atoms with Gasteiger partial charge in [-0.15, -0.1) is 0 Å². The summed E-state index contributed by atoms with van der Waals surface area (Å²) in [5, 5.41) is 0. The number of furan rings is 1. The van der Waals surface area contributed by atoms with Crippen molar-refractivity contribution in [1.29, 1.82) is 0 Å². The summed E-state index contributed by atoms with van der Waals surface area (Å²) in [6.45, 7) is 2.59. The molecule has 0 saturated heterocycles. The van der Waals surface area contributed by atoms with Gasteiger partial charge in [-0.3, -0.25) is 4.79 Å². The first-order valence-corrected chi connectivity index (χ1v) is 8.37. The molecule has 0 radical (unpaired) electrons. The fourth-order valence-electron chi connectivity index (χ4n) is 1.31. The second kappa shape index (κ2) is 6.08. The highest BCUT2D eigenvalue weighted by Gasteiger charge is 2.24. The highest BCUT2D eigenvalue weighted by atomic mass is 79.9. The van der Waals surface area contributed by atoms with Crippen molar-refractivity contribution in [2.24, 2.45) is 0 Å². The molecule has 8 heteroatoms. The summed E-state index contributed by atoms with van der Waals surface area (Å²) < 4.78 is 27.4. The summed E-state index contributed by atoms with van der Waals surface area (Å²) in [5.41, 5.74) is 0. The molecule has 1 rings (SSSR count). The first-order chi connectivity index (χ1) is 8.27. The number of rotatable bonds is 5. The highest BCUT2D eigenvalue weighted by molar-refractivity contribution is 9.10. The minimum Gasteiger partial charge on any atom is -0.443 e. The summed E-state index contributed by atoms with van der Waals surface area (Å²) >= 11 is 2.92. The first-order valence-electron chi connectivity index (χ1n) is 5.26. The predicted octanol–water partition coefficient (Wildman–Crippen LogP) is 2.84. The Kier molecular flexibility index (Phi) is 5.24. The maximum atomic E-state index is 11.9. The van der Waals surface area contributed by atoms with Gasteiger partial charge in [0.25, 0.3) is 15.0 Å². The van der Waals surface area contributed by atoms with Crippen molar-refractivity contribution >= 4 is 41.6 Å². The molecule has 1 aromatic heterocycles. The Morgan fingerprint density at radius 2 is 2.17 bits per heavy atom. The van der Waals surface area contributed by atoms with Crippen molar-refractivity contribution < 1.29 is 17.6 Å². The Labute approximate surface area is 119 Å². The zero-order chi connectivity index (χ0) is 13.9. The zero-order valence-electron chi connectivity index (χ0n) is 9.94. The molecule has 1 heterocycles. The molecule has 0 bridgehead atoms. The first kappa shape index (κ1) is 15.5. The Morgan fingerprint density at radius 1 is 1.56 bits per heavy atom. The standard InChI is InChI=1S/C10H13BrClNO4S/c1-3-4-5-13(2)10(14)7-6-8(9(11)17-7)18(12,15)16/h6H,3-5H2,1-2H3. The van der Waals surface area contributed by atoms with Gasteiger partial charge in [0.15, 0.2) is 10.4 Å². The lowest BCUT2D eigenvalue weighted by Crippen LogP contribution is -2.27. The van der Waals surface area contributed by atoms with E-state index < -0.39 is 9.05 Å². The molecule has 0 spiro atoms. The number of hydrogen-bond acceptors (Lipinski definition) is 4. The highest BCUT2D eigenvalue weighted by Crippen LogP contribution is 2.29. The fraction of sp³-hybridized carbons (Fsp3) is 0.500. The van der Waals surface area contributed by atoms with Crippen LogP contribution in [-0.4, -0.2) is 32.8 Å². The molecule has 18 heavy (non-hydrogen) atoms. The van der Waals surface area contributed by atoms with Crippen LogP contribution in [-0.2, 0) is 9.05 Å². The molecule has 0 N–H and O–H groups in total. The lowest BCUT2D eigenvalue weighted by atomic mass is 10.3. The summed E-state index contributed by atoms with van der Waals surface area (Å²) in [6.07, 6.45) is 1.82. The van der Waals surface area contributed by atoms with Gasteiger partial charge in [0.1, 0.15) is 4.90 Å². The van der Waals surface area contributed by atoms with Crippen LogP contribution >= 0.6 is 26.6 Å². The van der Waals surface area contributed by atoms with Gasteiger partial charge in [-0.05, 0) is 22.4 Å². The normalized spacial score (nSPS) is 11.6. The number of nitrogens with zero attached hydrogens (tertiary/aromatic N) is 1. The Bertz CT molecular complexity index is 540. The third-order valence-corrected chi connectivity index (χ3v) is 4.50. The van der Waals surface area contributed by atoms with Crippen molar-refractivity contribution in [2.75, 3.05) is 13.6 Å². The molecule has 102 valence electrons. The molecule has 0 aromatic carbocycles. The van der Waals surface area contributed by atoms with Gasteiger partial charge >= 0.3 is 0 Å². The van der Waals surface area contributed by atoms with Crippen LogP contribution in [0.3, 0.4) is 0 Å². The van der Waals surface area contributed by atoms with Gasteiger partial charge in [-0.1, -0.05) is 13.3 Å². The lowest BCUT2D eigenvalue weighted by Gasteiger charge is -2.14. The smallest absolute Gasteiger partial charge is 0.289 e. The molecule has 0 aliphatic heterocycles. The quantitative estimate of drug-likeness (QED) is 0.759. The fourth-order valence-corrected chi connectivity index (χ4v) is 3.34. The molecule has 0 atom stereocenters. The van der Waals surface area contributed by atoms with Crippen molar-refractivity contribution in [3.05, 3.63) is 16.5 Å². The number of unbranched alkanes of at least 4 members (excludes halogenated alkanes) is 1. The lowest BCUT2D eigenvalue weighted by molar-refractivity contribution is 0.0760. The molecule has 0 unspecified atom stereocenters. The number of halogens is 2. The molecule has 1 amide bonds. The zero-order valence-corrected chi connectivity index (χ0v) is 13.1. The molecular weight excluding hydrogens is 346 g/mol. The minimum absolute atomic E-state index is 0.0558. The van der Waals surface area contributed by atoms with E-state index in [0.29, 0.717) is 6.54 Å². The van der Waals surface area contributed by atoms with Gasteiger partial charge in [-0.2, -0.15) is 0 Å². The van der Waals surface area contributed by atoms with E-state index in [9.17, 15) is 13.2 Å². The van der Waals surface area contributed by atoms with E-state index in [2.05, 4.69) is 15.9 Å². The van der Waals surface area contributed by atoms with Crippen LogP contribution in [0.15, 0.2) is 20.0 Å². The van der Waals surface area contributed by atoms with E-state index >= 15 is 0 Å². The average molecular weight is 359 g/mol. The number of carbonyl (C=O) groups excluding carboxylic acids is 1. The molecule has 5 nitrogen and oxygen atoms in total. The van der Waals surface area contributed by atoms with Gasteiger partial charge in [0.05, 0.1) is 0 Å². The third kappa shape index (κ3) is 3.73. The van der Waals surface area contributed by atoms with Crippen molar-refractivity contribution in [3.63, 3.8) is 0 Å². The number of carbonyl (C=O) groups is 1. The SMILES string of the molecule is CCCCN(C)C(=O)c1cc(S(=O)(=O)Cl)c(Br)o1. The van der Waals surface area contributed by atoms with Gasteiger partial charge in [0, 0.05) is 30.3 Å². The average Bonchev–Trinajstić information content (AvgIpc) is 2.66. The van der Waals surface area contributed by atoms with Crippen LogP contribution in [0.5, 0.6) is 0 Å². The Hall–Kier alpha value is -0.530. The van der Waals surface area contributed by atoms with E-state index in [1.807, 2.05) is 6.92 Å². The molecule has 1 aromatic rings. The van der Waals surface area contributed by atoms with E-state index in [-0.39, 0.29) is 21.2 Å². The molecule has 0 saturated carbocycles. The number of amides is 1. The number of hydrogen-bond donors (Lipinski definition) is 0. The van der Waals surface area contributed by atoms with Crippen molar-refractivity contribution in [1.82, 2.24) is 4.90 Å². The summed E-state index contributed by atoms with van der Waals surface area (Å²) in [6, 6.07) is 1.12.